The number of nitrogens with one attached hydrogen (secondary N) is 1. The highest BCUT2D eigenvalue weighted by Crippen LogP contribution is 2.27. The lowest BCUT2D eigenvalue weighted by Crippen LogP contribution is -2.34. The summed E-state index contributed by atoms with van der Waals surface area (Å²) in [7, 11) is 0. The van der Waals surface area contributed by atoms with Gasteiger partial charge in [-0.05, 0) is 36.6 Å². The molecule has 1 heterocycles. The molecule has 1 aromatic carbocycles. The van der Waals surface area contributed by atoms with Crippen molar-refractivity contribution in [1.29, 1.82) is 0 Å². The van der Waals surface area contributed by atoms with Crippen LogP contribution in [0.1, 0.15) is 24.4 Å². The van der Waals surface area contributed by atoms with Gasteiger partial charge in [-0.1, -0.05) is 27.5 Å². The van der Waals surface area contributed by atoms with Crippen LogP contribution in [0.2, 0.25) is 5.02 Å². The van der Waals surface area contributed by atoms with Gasteiger partial charge in [0.05, 0.1) is 6.10 Å². The molecule has 1 aliphatic rings. The first-order chi connectivity index (χ1) is 9.08. The molecule has 0 spiro atoms. The van der Waals surface area contributed by atoms with Gasteiger partial charge in [-0.15, -0.1) is 0 Å². The summed E-state index contributed by atoms with van der Waals surface area (Å²) in [5.41, 5.74) is 0.557. The lowest BCUT2D eigenvalue weighted by Gasteiger charge is -2.18. The molecule has 0 amide bonds. The standard InChI is InChI=1S/C13H15BrClNO3/c14-8-3-4-11(15)10(6-8)12(13(17)18)16-7-9-2-1-5-19-9/h3-4,6,9,12,16H,1-2,5,7H2,(H,17,18). The van der Waals surface area contributed by atoms with Crippen LogP contribution in [0.4, 0.5) is 0 Å². The molecule has 0 aromatic heterocycles. The molecule has 0 bridgehead atoms. The lowest BCUT2D eigenvalue weighted by atomic mass is 10.1. The van der Waals surface area contributed by atoms with Crippen LogP contribution in [0.5, 0.6) is 0 Å². The Kier molecular flexibility index (Phi) is 5.21. The average molecular weight is 349 g/mol. The number of hydrogen-bond acceptors (Lipinski definition) is 3. The molecule has 1 fully saturated rings. The van der Waals surface area contributed by atoms with Crippen LogP contribution in [-0.2, 0) is 9.53 Å². The molecular formula is C13H15BrClNO3. The van der Waals surface area contributed by atoms with Crippen molar-refractivity contribution >= 4 is 33.5 Å². The predicted molar refractivity (Wildman–Crippen MR) is 76.5 cm³/mol. The number of halogens is 2. The zero-order chi connectivity index (χ0) is 13.8. The maximum absolute atomic E-state index is 11.4. The maximum atomic E-state index is 11.4. The van der Waals surface area contributed by atoms with E-state index in [4.69, 9.17) is 16.3 Å². The SMILES string of the molecule is O=C(O)C(NCC1CCCO1)c1cc(Br)ccc1Cl. The fraction of sp³-hybridized carbons (Fsp3) is 0.462. The highest BCUT2D eigenvalue weighted by atomic mass is 79.9. The fourth-order valence-corrected chi connectivity index (χ4v) is 2.73. The first kappa shape index (κ1) is 14.8. The van der Waals surface area contributed by atoms with Gasteiger partial charge in [0, 0.05) is 22.6 Å². The highest BCUT2D eigenvalue weighted by molar-refractivity contribution is 9.10. The van der Waals surface area contributed by atoms with E-state index < -0.39 is 12.0 Å². The zero-order valence-electron chi connectivity index (χ0n) is 10.2. The summed E-state index contributed by atoms with van der Waals surface area (Å²) < 4.78 is 6.28. The van der Waals surface area contributed by atoms with Crippen LogP contribution in [0.25, 0.3) is 0 Å². The highest BCUT2D eigenvalue weighted by Gasteiger charge is 2.24. The third kappa shape index (κ3) is 3.92. The van der Waals surface area contributed by atoms with Crippen LogP contribution >= 0.6 is 27.5 Å². The summed E-state index contributed by atoms with van der Waals surface area (Å²) in [5, 5.41) is 12.8. The summed E-state index contributed by atoms with van der Waals surface area (Å²) in [6.07, 6.45) is 2.08. The average Bonchev–Trinajstić information content (AvgIpc) is 2.86. The molecule has 0 aliphatic carbocycles. The van der Waals surface area contributed by atoms with Gasteiger partial charge in [0.1, 0.15) is 6.04 Å². The predicted octanol–water partition coefficient (Wildman–Crippen LogP) is 3.00. The van der Waals surface area contributed by atoms with Gasteiger partial charge in [0.15, 0.2) is 0 Å². The largest absolute Gasteiger partial charge is 0.480 e. The molecule has 0 radical (unpaired) electrons. The van der Waals surface area contributed by atoms with Crippen molar-refractivity contribution in [3.63, 3.8) is 0 Å². The third-order valence-electron chi connectivity index (χ3n) is 3.09. The zero-order valence-corrected chi connectivity index (χ0v) is 12.6. The Balaban J connectivity index is 2.10. The van der Waals surface area contributed by atoms with E-state index in [-0.39, 0.29) is 6.10 Å². The maximum Gasteiger partial charge on any atom is 0.325 e. The first-order valence-corrected chi connectivity index (χ1v) is 7.28. The Morgan fingerprint density at radius 2 is 2.42 bits per heavy atom. The molecule has 4 nitrogen and oxygen atoms in total. The minimum absolute atomic E-state index is 0.0905. The second-order valence-corrected chi connectivity index (χ2v) is 5.80. The number of carboxylic acids is 1. The Morgan fingerprint density at radius 1 is 1.63 bits per heavy atom. The van der Waals surface area contributed by atoms with Crippen molar-refractivity contribution in [2.24, 2.45) is 0 Å². The molecular weight excluding hydrogens is 334 g/mol. The molecule has 6 heteroatoms. The van der Waals surface area contributed by atoms with Crippen LogP contribution in [0.15, 0.2) is 22.7 Å². The molecule has 1 aromatic rings. The molecule has 19 heavy (non-hydrogen) atoms. The summed E-state index contributed by atoms with van der Waals surface area (Å²) in [5.74, 6) is -0.946. The van der Waals surface area contributed by atoms with Gasteiger partial charge in [0.2, 0.25) is 0 Å². The Morgan fingerprint density at radius 3 is 3.05 bits per heavy atom. The van der Waals surface area contributed by atoms with Crippen LogP contribution in [0.3, 0.4) is 0 Å². The Labute approximate surface area is 125 Å². The molecule has 2 rings (SSSR count). The van der Waals surface area contributed by atoms with E-state index >= 15 is 0 Å². The Hall–Kier alpha value is -0.620. The number of rotatable bonds is 5. The first-order valence-electron chi connectivity index (χ1n) is 6.10. The third-order valence-corrected chi connectivity index (χ3v) is 3.93. The molecule has 0 saturated carbocycles. The number of carboxylic acid groups (broad SMARTS) is 1. The van der Waals surface area contributed by atoms with Crippen molar-refractivity contribution < 1.29 is 14.6 Å². The molecule has 1 aliphatic heterocycles. The van der Waals surface area contributed by atoms with Gasteiger partial charge in [-0.25, -0.2) is 0 Å². The number of aliphatic carboxylic acids is 1. The van der Waals surface area contributed by atoms with E-state index in [1.54, 1.807) is 18.2 Å². The number of ether oxygens (including phenoxy) is 1. The normalized spacial score (nSPS) is 20.4. The van der Waals surface area contributed by atoms with E-state index in [2.05, 4.69) is 21.2 Å². The van der Waals surface area contributed by atoms with Gasteiger partial charge in [0.25, 0.3) is 0 Å². The monoisotopic (exact) mass is 347 g/mol. The Bertz CT molecular complexity index is 463. The van der Waals surface area contributed by atoms with Crippen LogP contribution in [0, 0.1) is 0 Å². The van der Waals surface area contributed by atoms with Crippen molar-refractivity contribution in [1.82, 2.24) is 5.32 Å². The van der Waals surface area contributed by atoms with Crippen LogP contribution in [-0.4, -0.2) is 30.3 Å². The molecule has 2 unspecified atom stereocenters. The summed E-state index contributed by atoms with van der Waals surface area (Å²) in [4.78, 5) is 11.4. The van der Waals surface area contributed by atoms with E-state index in [0.717, 1.165) is 23.9 Å². The van der Waals surface area contributed by atoms with Crippen molar-refractivity contribution in [2.75, 3.05) is 13.2 Å². The lowest BCUT2D eigenvalue weighted by molar-refractivity contribution is -0.139. The van der Waals surface area contributed by atoms with Crippen LogP contribution < -0.4 is 5.32 Å². The van der Waals surface area contributed by atoms with Crippen molar-refractivity contribution in [2.45, 2.75) is 25.0 Å². The van der Waals surface area contributed by atoms with E-state index in [0.29, 0.717) is 17.1 Å². The minimum Gasteiger partial charge on any atom is -0.480 e. The molecule has 2 atom stereocenters. The number of hydrogen-bond donors (Lipinski definition) is 2. The summed E-state index contributed by atoms with van der Waals surface area (Å²) in [6.45, 7) is 1.27. The fourth-order valence-electron chi connectivity index (χ4n) is 2.12. The van der Waals surface area contributed by atoms with E-state index in [1.165, 1.54) is 0 Å². The smallest absolute Gasteiger partial charge is 0.325 e. The second-order valence-electron chi connectivity index (χ2n) is 4.48. The quantitative estimate of drug-likeness (QED) is 0.859. The van der Waals surface area contributed by atoms with E-state index in [9.17, 15) is 9.90 Å². The van der Waals surface area contributed by atoms with Gasteiger partial charge in [-0.2, -0.15) is 0 Å². The number of carbonyl (C=O) groups is 1. The molecule has 1 saturated heterocycles. The minimum atomic E-state index is -0.946. The van der Waals surface area contributed by atoms with Gasteiger partial charge < -0.3 is 9.84 Å². The van der Waals surface area contributed by atoms with Crippen molar-refractivity contribution in [3.05, 3.63) is 33.3 Å². The molecule has 104 valence electrons. The van der Waals surface area contributed by atoms with E-state index in [1.807, 2.05) is 0 Å². The van der Waals surface area contributed by atoms with Gasteiger partial charge in [-0.3, -0.25) is 10.1 Å². The second kappa shape index (κ2) is 6.70. The molecule has 2 N–H and O–H groups in total. The van der Waals surface area contributed by atoms with Gasteiger partial charge >= 0.3 is 5.97 Å². The topological polar surface area (TPSA) is 58.6 Å². The summed E-state index contributed by atoms with van der Waals surface area (Å²) >= 11 is 9.40. The summed E-state index contributed by atoms with van der Waals surface area (Å²) in [6, 6.07) is 4.37. The van der Waals surface area contributed by atoms with Crippen molar-refractivity contribution in [3.8, 4) is 0 Å². The number of benzene rings is 1.